The van der Waals surface area contributed by atoms with E-state index in [4.69, 9.17) is 5.11 Å². The fourth-order valence-electron chi connectivity index (χ4n) is 1.67. The van der Waals surface area contributed by atoms with Crippen LogP contribution in [0.1, 0.15) is 58.3 Å². The van der Waals surface area contributed by atoms with Crippen molar-refractivity contribution in [3.8, 4) is 0 Å². The first-order valence-corrected chi connectivity index (χ1v) is 10.1. The third-order valence-electron chi connectivity index (χ3n) is 2.86. The number of carbonyl (C=O) groups is 1. The summed E-state index contributed by atoms with van der Waals surface area (Å²) in [5.74, 6) is 3.72. The Bertz CT molecular complexity index is 243. The zero-order chi connectivity index (χ0) is 14.9. The fraction of sp³-hybridized carbons (Fsp3) is 0.812. The highest BCUT2D eigenvalue weighted by molar-refractivity contribution is 7.99. The lowest BCUT2D eigenvalue weighted by Crippen LogP contribution is -1.96. The van der Waals surface area contributed by atoms with Gasteiger partial charge in [0.1, 0.15) is 0 Å². The molecule has 0 amide bonds. The van der Waals surface area contributed by atoms with Crippen LogP contribution in [0.15, 0.2) is 12.2 Å². The average molecular weight is 319 g/mol. The number of thioether (sulfide) groups is 2. The second kappa shape index (κ2) is 17.0. The Kier molecular flexibility index (Phi) is 16.9. The first-order valence-electron chi connectivity index (χ1n) is 7.79. The van der Waals surface area contributed by atoms with Crippen molar-refractivity contribution in [3.05, 3.63) is 12.2 Å². The molecule has 0 aliphatic heterocycles. The van der Waals surface area contributed by atoms with Crippen LogP contribution in [0.4, 0.5) is 0 Å². The summed E-state index contributed by atoms with van der Waals surface area (Å²) in [7, 11) is 0. The summed E-state index contributed by atoms with van der Waals surface area (Å²) in [6, 6.07) is 0. The molecule has 0 aliphatic rings. The molecule has 0 aliphatic carbocycles. The van der Waals surface area contributed by atoms with E-state index in [9.17, 15) is 4.79 Å². The number of hydrogen-bond acceptors (Lipinski definition) is 3. The predicted octanol–water partition coefficient (Wildman–Crippen LogP) is 5.23. The lowest BCUT2D eigenvalue weighted by atomic mass is 10.2. The summed E-state index contributed by atoms with van der Waals surface area (Å²) in [6.45, 7) is 2.25. The highest BCUT2D eigenvalue weighted by Crippen LogP contribution is 2.10. The van der Waals surface area contributed by atoms with Crippen LogP contribution in [-0.4, -0.2) is 34.1 Å². The molecule has 0 saturated heterocycles. The summed E-state index contributed by atoms with van der Waals surface area (Å²) in [5.41, 5.74) is 0. The van der Waals surface area contributed by atoms with Crippen LogP contribution >= 0.6 is 23.5 Å². The normalized spacial score (nSPS) is 11.2. The van der Waals surface area contributed by atoms with E-state index in [2.05, 4.69) is 30.8 Å². The maximum Gasteiger partial charge on any atom is 0.304 e. The molecule has 0 aromatic carbocycles. The van der Waals surface area contributed by atoms with E-state index in [0.29, 0.717) is 6.42 Å². The smallest absolute Gasteiger partial charge is 0.304 e. The molecular formula is C16H30O2S2. The summed E-state index contributed by atoms with van der Waals surface area (Å²) < 4.78 is 0. The minimum absolute atomic E-state index is 0.292. The van der Waals surface area contributed by atoms with E-state index >= 15 is 0 Å². The molecule has 4 heteroatoms. The highest BCUT2D eigenvalue weighted by atomic mass is 32.2. The molecule has 0 radical (unpaired) electrons. The number of rotatable bonds is 15. The topological polar surface area (TPSA) is 37.3 Å². The second-order valence-corrected chi connectivity index (χ2v) is 7.28. The lowest BCUT2D eigenvalue weighted by molar-refractivity contribution is -0.136. The van der Waals surface area contributed by atoms with Crippen LogP contribution in [0, 0.1) is 0 Å². The molecule has 0 aromatic heterocycles. The van der Waals surface area contributed by atoms with Gasteiger partial charge < -0.3 is 5.11 Å². The van der Waals surface area contributed by atoms with Gasteiger partial charge in [0, 0.05) is 5.75 Å². The third-order valence-corrected chi connectivity index (χ3v) is 5.03. The average Bonchev–Trinajstić information content (AvgIpc) is 2.43. The van der Waals surface area contributed by atoms with Crippen LogP contribution in [0.2, 0.25) is 0 Å². The van der Waals surface area contributed by atoms with Crippen molar-refractivity contribution in [1.29, 1.82) is 0 Å². The molecule has 0 heterocycles. The molecular weight excluding hydrogens is 288 g/mol. The Balaban J connectivity index is 3.07. The molecule has 0 fully saturated rings. The molecule has 2 nitrogen and oxygen atoms in total. The van der Waals surface area contributed by atoms with Crippen molar-refractivity contribution in [3.63, 3.8) is 0 Å². The first kappa shape index (κ1) is 19.9. The Morgan fingerprint density at radius 2 is 1.55 bits per heavy atom. The lowest BCUT2D eigenvalue weighted by Gasteiger charge is -1.99. The maximum atomic E-state index is 10.3. The van der Waals surface area contributed by atoms with Crippen molar-refractivity contribution in [2.75, 3.05) is 23.0 Å². The van der Waals surface area contributed by atoms with E-state index < -0.39 is 5.97 Å². The zero-order valence-electron chi connectivity index (χ0n) is 12.8. The number of carboxylic acids is 1. The van der Waals surface area contributed by atoms with Crippen LogP contribution < -0.4 is 0 Å². The van der Waals surface area contributed by atoms with Crippen LogP contribution in [0.25, 0.3) is 0 Å². The molecule has 0 bridgehead atoms. The Hall–Kier alpha value is -0.0900. The van der Waals surface area contributed by atoms with E-state index in [-0.39, 0.29) is 0 Å². The van der Waals surface area contributed by atoms with Crippen LogP contribution in [-0.2, 0) is 4.79 Å². The van der Waals surface area contributed by atoms with Gasteiger partial charge in [-0.05, 0) is 49.4 Å². The summed E-state index contributed by atoms with van der Waals surface area (Å²) in [6.07, 6.45) is 13.7. The quantitative estimate of drug-likeness (QED) is 0.331. The van der Waals surface area contributed by atoms with Gasteiger partial charge in [0.25, 0.3) is 0 Å². The van der Waals surface area contributed by atoms with Crippen molar-refractivity contribution in [2.45, 2.75) is 58.3 Å². The number of unbranched alkanes of at least 4 members (excludes halogenated alkanes) is 4. The van der Waals surface area contributed by atoms with E-state index in [0.717, 1.165) is 11.5 Å². The van der Waals surface area contributed by atoms with E-state index in [1.807, 2.05) is 0 Å². The van der Waals surface area contributed by atoms with Crippen LogP contribution in [0.3, 0.4) is 0 Å². The van der Waals surface area contributed by atoms with Gasteiger partial charge in [-0.15, -0.1) is 0 Å². The van der Waals surface area contributed by atoms with Gasteiger partial charge >= 0.3 is 5.97 Å². The van der Waals surface area contributed by atoms with Gasteiger partial charge in [-0.3, -0.25) is 4.79 Å². The summed E-state index contributed by atoms with van der Waals surface area (Å²) >= 11 is 3.82. The molecule has 0 saturated carbocycles. The highest BCUT2D eigenvalue weighted by Gasteiger charge is 1.96. The number of aliphatic carboxylic acids is 1. The van der Waals surface area contributed by atoms with Crippen molar-refractivity contribution in [1.82, 2.24) is 0 Å². The second-order valence-electron chi connectivity index (χ2n) is 4.83. The molecule has 0 atom stereocenters. The number of allylic oxidation sites excluding steroid dienone is 2. The van der Waals surface area contributed by atoms with E-state index in [1.165, 1.54) is 56.5 Å². The summed E-state index contributed by atoms with van der Waals surface area (Å²) in [4.78, 5) is 10.3. The Morgan fingerprint density at radius 1 is 0.900 bits per heavy atom. The standard InChI is InChI=1S/C16H30O2S2/c1-2-3-8-12-19-13-9-6-4-5-7-10-14-20-15-11-16(17)18/h4,6H,2-3,5,7-15H2,1H3,(H,17,18)/b6-4+. The minimum Gasteiger partial charge on any atom is -0.481 e. The van der Waals surface area contributed by atoms with Gasteiger partial charge in [0.05, 0.1) is 6.42 Å². The largest absolute Gasteiger partial charge is 0.481 e. The monoisotopic (exact) mass is 318 g/mol. The first-order chi connectivity index (χ1) is 9.77. The van der Waals surface area contributed by atoms with Gasteiger partial charge in [-0.2, -0.15) is 23.5 Å². The van der Waals surface area contributed by atoms with Crippen molar-refractivity contribution < 1.29 is 9.90 Å². The van der Waals surface area contributed by atoms with Gasteiger partial charge in [0.15, 0.2) is 0 Å². The van der Waals surface area contributed by atoms with Gasteiger partial charge in [0.2, 0.25) is 0 Å². The number of carboxylic acid groups (broad SMARTS) is 1. The Labute approximate surface area is 133 Å². The molecule has 118 valence electrons. The van der Waals surface area contributed by atoms with Crippen molar-refractivity contribution >= 4 is 29.5 Å². The van der Waals surface area contributed by atoms with E-state index in [1.54, 1.807) is 11.8 Å². The predicted molar refractivity (Wildman–Crippen MR) is 94.0 cm³/mol. The zero-order valence-corrected chi connectivity index (χ0v) is 14.4. The van der Waals surface area contributed by atoms with Gasteiger partial charge in [-0.25, -0.2) is 0 Å². The maximum absolute atomic E-state index is 10.3. The Morgan fingerprint density at radius 3 is 2.25 bits per heavy atom. The molecule has 0 rings (SSSR count). The van der Waals surface area contributed by atoms with Crippen LogP contribution in [0.5, 0.6) is 0 Å². The fourth-order valence-corrected chi connectivity index (χ4v) is 3.52. The summed E-state index contributed by atoms with van der Waals surface area (Å²) in [5, 5.41) is 8.49. The minimum atomic E-state index is -0.687. The molecule has 0 unspecified atom stereocenters. The molecule has 0 spiro atoms. The third kappa shape index (κ3) is 17.9. The SMILES string of the molecule is CCCCCSCC/C=C/CCCCSCCC(=O)O. The molecule has 20 heavy (non-hydrogen) atoms. The van der Waals surface area contributed by atoms with Gasteiger partial charge in [-0.1, -0.05) is 31.9 Å². The molecule has 0 aromatic rings. The van der Waals surface area contributed by atoms with Crippen molar-refractivity contribution in [2.24, 2.45) is 0 Å². The molecule has 1 N–H and O–H groups in total. The number of hydrogen-bond donors (Lipinski definition) is 1.